The van der Waals surface area contributed by atoms with Gasteiger partial charge in [0.1, 0.15) is 5.78 Å². The van der Waals surface area contributed by atoms with Gasteiger partial charge in [-0.3, -0.25) is 4.79 Å². The molecule has 0 aromatic carbocycles. The maximum Gasteiger partial charge on any atom is 0.171 e. The second-order valence-corrected chi connectivity index (χ2v) is 13.0. The second-order valence-electron chi connectivity index (χ2n) is 13.0. The average molecular weight is 431 g/mol. The summed E-state index contributed by atoms with van der Waals surface area (Å²) in [7, 11) is 0. The lowest BCUT2D eigenvalue weighted by molar-refractivity contribution is -0.272. The Kier molecular flexibility index (Phi) is 4.62. The number of hydrogen-bond acceptors (Lipinski definition) is 4. The molecule has 4 aliphatic carbocycles. The van der Waals surface area contributed by atoms with E-state index in [1.165, 1.54) is 12.8 Å². The second kappa shape index (κ2) is 6.79. The van der Waals surface area contributed by atoms with Gasteiger partial charge < -0.3 is 14.6 Å². The third-order valence-electron chi connectivity index (χ3n) is 11.8. The highest BCUT2D eigenvalue weighted by molar-refractivity contribution is 5.87. The predicted octanol–water partition coefficient (Wildman–Crippen LogP) is 4.97. The third kappa shape index (κ3) is 2.68. The molecule has 1 N–H and O–H groups in total. The summed E-state index contributed by atoms with van der Waals surface area (Å²) in [5.74, 6) is 3.45. The van der Waals surface area contributed by atoms with Crippen molar-refractivity contribution in [2.45, 2.75) is 103 Å². The molecule has 4 nitrogen and oxygen atoms in total. The summed E-state index contributed by atoms with van der Waals surface area (Å²) in [5, 5.41) is 10.3. The van der Waals surface area contributed by atoms with E-state index in [0.29, 0.717) is 41.3 Å². The lowest BCUT2D eigenvalue weighted by Gasteiger charge is -2.60. The van der Waals surface area contributed by atoms with Crippen LogP contribution in [0.2, 0.25) is 0 Å². The minimum atomic E-state index is -0.448. The normalized spacial score (nSPS) is 60.9. The summed E-state index contributed by atoms with van der Waals surface area (Å²) in [5.41, 5.74) is -0.0221. The summed E-state index contributed by atoms with van der Waals surface area (Å²) in [4.78, 5) is 14.0. The predicted molar refractivity (Wildman–Crippen MR) is 118 cm³/mol. The highest BCUT2D eigenvalue weighted by Crippen LogP contribution is 2.70. The van der Waals surface area contributed by atoms with E-state index in [0.717, 1.165) is 51.6 Å². The Labute approximate surface area is 187 Å². The van der Waals surface area contributed by atoms with Gasteiger partial charge in [-0.05, 0) is 80.0 Å². The summed E-state index contributed by atoms with van der Waals surface area (Å²) < 4.78 is 13.2. The zero-order chi connectivity index (χ0) is 21.8. The van der Waals surface area contributed by atoms with E-state index in [-0.39, 0.29) is 29.0 Å². The largest absolute Gasteiger partial charge is 0.393 e. The van der Waals surface area contributed by atoms with Crippen LogP contribution in [0.3, 0.4) is 0 Å². The number of fused-ring (bicyclic) bond motifs is 7. The maximum absolute atomic E-state index is 14.0. The van der Waals surface area contributed by atoms with E-state index >= 15 is 0 Å². The third-order valence-corrected chi connectivity index (χ3v) is 11.8. The fourth-order valence-electron chi connectivity index (χ4n) is 9.93. The molecule has 4 saturated carbocycles. The van der Waals surface area contributed by atoms with Crippen molar-refractivity contribution in [1.29, 1.82) is 0 Å². The molecule has 0 aromatic rings. The van der Waals surface area contributed by atoms with Crippen molar-refractivity contribution in [3.63, 3.8) is 0 Å². The Balaban J connectivity index is 1.30. The molecule has 0 aromatic heterocycles. The molecule has 2 heterocycles. The average Bonchev–Trinajstić information content (AvgIpc) is 3.18. The minimum Gasteiger partial charge on any atom is -0.393 e. The van der Waals surface area contributed by atoms with E-state index in [1.54, 1.807) is 0 Å². The first-order chi connectivity index (χ1) is 14.7. The summed E-state index contributed by atoms with van der Waals surface area (Å²) >= 11 is 0. The van der Waals surface area contributed by atoms with Crippen molar-refractivity contribution < 1.29 is 19.4 Å². The van der Waals surface area contributed by atoms with Gasteiger partial charge in [-0.1, -0.05) is 27.7 Å². The number of aliphatic hydroxyl groups excluding tert-OH is 1. The van der Waals surface area contributed by atoms with E-state index in [2.05, 4.69) is 27.7 Å². The highest BCUT2D eigenvalue weighted by atomic mass is 16.7. The molecule has 0 amide bonds. The molecule has 2 saturated heterocycles. The van der Waals surface area contributed by atoms with Crippen LogP contribution in [0.1, 0.15) is 85.5 Å². The molecule has 4 heteroatoms. The molecule has 174 valence electrons. The lowest BCUT2D eigenvalue weighted by Crippen LogP contribution is -2.58. The van der Waals surface area contributed by atoms with Gasteiger partial charge in [0.25, 0.3) is 0 Å². The minimum absolute atomic E-state index is 0.131. The highest BCUT2D eigenvalue weighted by Gasteiger charge is 2.71. The van der Waals surface area contributed by atoms with Gasteiger partial charge in [0.2, 0.25) is 0 Å². The van der Waals surface area contributed by atoms with Crippen LogP contribution in [0.25, 0.3) is 0 Å². The maximum atomic E-state index is 14.0. The van der Waals surface area contributed by atoms with Crippen LogP contribution in [-0.2, 0) is 14.3 Å². The number of aliphatic hydroxyl groups is 1. The quantitative estimate of drug-likeness (QED) is 0.589. The van der Waals surface area contributed by atoms with Crippen LogP contribution in [0.15, 0.2) is 0 Å². The van der Waals surface area contributed by atoms with E-state index in [9.17, 15) is 9.90 Å². The Bertz CT molecular complexity index is 756. The smallest absolute Gasteiger partial charge is 0.171 e. The van der Waals surface area contributed by atoms with Crippen molar-refractivity contribution in [2.75, 3.05) is 6.61 Å². The van der Waals surface area contributed by atoms with Gasteiger partial charge in [0, 0.05) is 30.1 Å². The van der Waals surface area contributed by atoms with Crippen molar-refractivity contribution in [1.82, 2.24) is 0 Å². The molecule has 2 aliphatic heterocycles. The van der Waals surface area contributed by atoms with Crippen LogP contribution in [0.5, 0.6) is 0 Å². The molecule has 6 fully saturated rings. The van der Waals surface area contributed by atoms with Gasteiger partial charge in [0.05, 0.1) is 18.8 Å². The molecule has 6 aliphatic rings. The summed E-state index contributed by atoms with van der Waals surface area (Å²) in [6.45, 7) is 10.1. The number of hydrogen-bond donors (Lipinski definition) is 1. The zero-order valence-corrected chi connectivity index (χ0v) is 19.9. The van der Waals surface area contributed by atoms with Gasteiger partial charge in [-0.2, -0.15) is 0 Å². The fourth-order valence-corrected chi connectivity index (χ4v) is 9.93. The Hall–Kier alpha value is -0.450. The first-order valence-electron chi connectivity index (χ1n) is 13.2. The number of rotatable bonds is 0. The van der Waals surface area contributed by atoms with Crippen LogP contribution in [0, 0.1) is 52.3 Å². The van der Waals surface area contributed by atoms with E-state index in [1.807, 2.05) is 0 Å². The number of carbonyl (C=O) groups is 1. The van der Waals surface area contributed by atoms with Crippen molar-refractivity contribution in [2.24, 2.45) is 52.3 Å². The molecule has 12 atom stereocenters. The van der Waals surface area contributed by atoms with Gasteiger partial charge in [-0.25, -0.2) is 0 Å². The Morgan fingerprint density at radius 2 is 1.81 bits per heavy atom. The van der Waals surface area contributed by atoms with E-state index < -0.39 is 5.79 Å². The van der Waals surface area contributed by atoms with Gasteiger partial charge >= 0.3 is 0 Å². The topological polar surface area (TPSA) is 55.8 Å². The zero-order valence-electron chi connectivity index (χ0n) is 19.9. The SMILES string of the molecule is C[C@H]1CC[C@@]2(OC1)O[C@H]1CC3C4CC[C@H]5C[C@@H](O)CC[C@]5(C)C4CC(=O)[C@]3(C)[C@H]1[C@@H]2C. The number of Topliss-reactive ketones (excluding diaryl/α,β-unsaturated/α-hetero) is 1. The molecular formula is C27H42O4. The summed E-state index contributed by atoms with van der Waals surface area (Å²) in [6.07, 6.45) is 9.39. The monoisotopic (exact) mass is 430 g/mol. The van der Waals surface area contributed by atoms with Crippen molar-refractivity contribution in [3.8, 4) is 0 Å². The number of carbonyl (C=O) groups excluding carboxylic acids is 1. The molecular weight excluding hydrogens is 388 g/mol. The first kappa shape index (κ1) is 21.1. The standard InChI is InChI=1S/C27H42O4/c1-15-7-10-27(30-14-15)16(2)24-22(31-27)12-21-19-6-5-17-11-18(28)8-9-25(17,3)20(19)13-23(29)26(21,24)4/h15-22,24,28H,5-14H2,1-4H3/t15-,16-,17-,18-,19?,20?,21?,22-,24-,25-,26+,27+/m0/s1. The molecule has 1 spiro atoms. The van der Waals surface area contributed by atoms with Crippen LogP contribution in [0.4, 0.5) is 0 Å². The van der Waals surface area contributed by atoms with Crippen molar-refractivity contribution in [3.05, 3.63) is 0 Å². The molecule has 0 radical (unpaired) electrons. The van der Waals surface area contributed by atoms with Crippen molar-refractivity contribution >= 4 is 5.78 Å². The van der Waals surface area contributed by atoms with Gasteiger partial charge in [0.15, 0.2) is 5.79 Å². The van der Waals surface area contributed by atoms with Crippen LogP contribution in [-0.4, -0.2) is 35.5 Å². The van der Waals surface area contributed by atoms with Crippen LogP contribution < -0.4 is 0 Å². The van der Waals surface area contributed by atoms with E-state index in [4.69, 9.17) is 9.47 Å². The Morgan fingerprint density at radius 1 is 1.00 bits per heavy atom. The fraction of sp³-hybridized carbons (Fsp3) is 0.963. The molecule has 0 bridgehead atoms. The number of ether oxygens (including phenoxy) is 2. The summed E-state index contributed by atoms with van der Waals surface area (Å²) in [6, 6.07) is 0. The van der Waals surface area contributed by atoms with Crippen LogP contribution >= 0.6 is 0 Å². The first-order valence-corrected chi connectivity index (χ1v) is 13.2. The number of ketones is 1. The van der Waals surface area contributed by atoms with Gasteiger partial charge in [-0.15, -0.1) is 0 Å². The molecule has 31 heavy (non-hydrogen) atoms. The molecule has 6 rings (SSSR count). The molecule has 3 unspecified atom stereocenters. The Morgan fingerprint density at radius 3 is 2.55 bits per heavy atom. The lowest BCUT2D eigenvalue weighted by atomic mass is 9.44.